The van der Waals surface area contributed by atoms with E-state index in [2.05, 4.69) is 364 Å². The molecular formula is C82H60N2Si2. The van der Waals surface area contributed by atoms with Crippen molar-refractivity contribution in [1.82, 2.24) is 9.97 Å². The van der Waals surface area contributed by atoms with Gasteiger partial charge in [0.15, 0.2) is 22.0 Å². The second-order valence-corrected chi connectivity index (χ2v) is 29.6. The van der Waals surface area contributed by atoms with Crippen LogP contribution in [0.3, 0.4) is 0 Å². The van der Waals surface area contributed by atoms with Crippen LogP contribution < -0.4 is 41.5 Å². The first-order valence-electron chi connectivity index (χ1n) is 29.5. The van der Waals surface area contributed by atoms with Gasteiger partial charge < -0.3 is 0 Å². The maximum absolute atomic E-state index is 5.72. The van der Waals surface area contributed by atoms with Gasteiger partial charge in [-0.05, 0) is 92.1 Å². The molecule has 0 atom stereocenters. The molecule has 0 aliphatic rings. The Morgan fingerprint density at radius 3 is 0.698 bits per heavy atom. The first-order valence-corrected chi connectivity index (χ1v) is 33.5. The van der Waals surface area contributed by atoms with Crippen LogP contribution in [-0.2, 0) is 0 Å². The van der Waals surface area contributed by atoms with E-state index in [1.165, 1.54) is 86.0 Å². The van der Waals surface area contributed by atoms with Gasteiger partial charge in [0.05, 0.1) is 11.4 Å². The Balaban J connectivity index is 1.18. The molecule has 0 saturated heterocycles. The van der Waals surface area contributed by atoms with Crippen LogP contribution in [0.4, 0.5) is 0 Å². The average Bonchev–Trinajstić information content (AvgIpc) is 0.967. The van der Waals surface area contributed by atoms with Gasteiger partial charge in [-0.15, -0.1) is 0 Å². The monoisotopic (exact) mass is 1130 g/mol. The molecule has 14 aromatic rings. The highest BCUT2D eigenvalue weighted by atomic mass is 28.3. The Morgan fingerprint density at radius 2 is 0.384 bits per heavy atom. The molecule has 4 heteroatoms. The fourth-order valence-electron chi connectivity index (χ4n) is 12.9. The molecule has 86 heavy (non-hydrogen) atoms. The summed E-state index contributed by atoms with van der Waals surface area (Å²) in [6, 6.07) is 135. The first-order chi connectivity index (χ1) is 42.6. The molecule has 1 heterocycles. The molecule has 0 aliphatic carbocycles. The summed E-state index contributed by atoms with van der Waals surface area (Å²) in [5.41, 5.74) is 14.1. The van der Waals surface area contributed by atoms with Gasteiger partial charge in [-0.2, -0.15) is 0 Å². The fourth-order valence-corrected chi connectivity index (χ4v) is 22.8. The van der Waals surface area contributed by atoms with Crippen molar-refractivity contribution in [2.75, 3.05) is 0 Å². The van der Waals surface area contributed by atoms with E-state index >= 15 is 0 Å². The van der Waals surface area contributed by atoms with Gasteiger partial charge >= 0.3 is 0 Å². The number of nitrogens with zero attached hydrogens (tertiary/aromatic N) is 2. The lowest BCUT2D eigenvalue weighted by Crippen LogP contribution is -2.78. The van der Waals surface area contributed by atoms with Crippen molar-refractivity contribution < 1.29 is 0 Å². The molecule has 0 radical (unpaired) electrons. The highest BCUT2D eigenvalue weighted by Crippen LogP contribution is 2.31. The highest BCUT2D eigenvalue weighted by molar-refractivity contribution is 7.22. The zero-order valence-electron chi connectivity index (χ0n) is 47.5. The first kappa shape index (κ1) is 53.4. The summed E-state index contributed by atoms with van der Waals surface area (Å²) in [5.74, 6) is 0.671. The molecule has 0 spiro atoms. The second kappa shape index (κ2) is 23.9. The molecular weight excluding hydrogens is 1070 g/mol. The van der Waals surface area contributed by atoms with Crippen LogP contribution in [0, 0.1) is 0 Å². The number of aromatic nitrogens is 2. The summed E-state index contributed by atoms with van der Waals surface area (Å²) in [6.45, 7) is 0. The van der Waals surface area contributed by atoms with Gasteiger partial charge in [0.25, 0.3) is 0 Å². The van der Waals surface area contributed by atoms with E-state index in [0.717, 1.165) is 28.1 Å². The summed E-state index contributed by atoms with van der Waals surface area (Å²) < 4.78 is 0. The number of rotatable bonds is 15. The largest absolute Gasteiger partial charge is 0.228 e. The molecule has 13 aromatic carbocycles. The van der Waals surface area contributed by atoms with Gasteiger partial charge in [0.2, 0.25) is 0 Å². The third kappa shape index (κ3) is 10.3. The van der Waals surface area contributed by atoms with Crippen LogP contribution in [0.1, 0.15) is 0 Å². The van der Waals surface area contributed by atoms with E-state index in [0.29, 0.717) is 5.82 Å². The quantitative estimate of drug-likeness (QED) is 0.0755. The summed E-state index contributed by atoms with van der Waals surface area (Å²) in [4.78, 5) is 11.1. The Labute approximate surface area is 506 Å². The molecule has 0 bridgehead atoms. The van der Waals surface area contributed by atoms with Crippen molar-refractivity contribution in [3.63, 3.8) is 0 Å². The van der Waals surface area contributed by atoms with E-state index in [1.54, 1.807) is 0 Å². The molecule has 406 valence electrons. The van der Waals surface area contributed by atoms with Crippen molar-refractivity contribution in [2.45, 2.75) is 0 Å². The minimum Gasteiger partial charge on any atom is -0.228 e. The predicted octanol–water partition coefficient (Wildman–Crippen LogP) is 14.9. The molecule has 0 N–H and O–H groups in total. The molecule has 1 aromatic heterocycles. The van der Waals surface area contributed by atoms with Crippen molar-refractivity contribution in [3.8, 4) is 78.4 Å². The lowest BCUT2D eigenvalue weighted by atomic mass is 10.1. The zero-order chi connectivity index (χ0) is 57.5. The van der Waals surface area contributed by atoms with Crippen LogP contribution in [0.5, 0.6) is 0 Å². The second-order valence-electron chi connectivity index (χ2n) is 22.0. The predicted molar refractivity (Wildman–Crippen MR) is 367 cm³/mol. The highest BCUT2D eigenvalue weighted by Gasteiger charge is 2.47. The van der Waals surface area contributed by atoms with Crippen molar-refractivity contribution in [1.29, 1.82) is 0 Å². The van der Waals surface area contributed by atoms with E-state index in [9.17, 15) is 0 Å². The summed E-state index contributed by atoms with van der Waals surface area (Å²) in [6.07, 6.45) is 0. The van der Waals surface area contributed by atoms with Crippen LogP contribution in [0.2, 0.25) is 0 Å². The topological polar surface area (TPSA) is 25.8 Å². The van der Waals surface area contributed by atoms with Gasteiger partial charge in [0, 0.05) is 16.7 Å². The third-order valence-electron chi connectivity index (χ3n) is 16.9. The van der Waals surface area contributed by atoms with Crippen molar-refractivity contribution in [2.24, 2.45) is 0 Å². The average molecular weight is 1130 g/mol. The van der Waals surface area contributed by atoms with E-state index in [1.807, 2.05) is 0 Å². The maximum atomic E-state index is 5.72. The molecule has 0 amide bonds. The van der Waals surface area contributed by atoms with Crippen LogP contribution in [0.15, 0.2) is 364 Å². The lowest BCUT2D eigenvalue weighted by molar-refractivity contribution is 1.18. The minimum atomic E-state index is -3.51. The number of benzene rings is 13. The van der Waals surface area contributed by atoms with Gasteiger partial charge in [0.1, 0.15) is 0 Å². The Kier molecular flexibility index (Phi) is 14.8. The van der Waals surface area contributed by atoms with Gasteiger partial charge in [-0.25, -0.2) is 9.97 Å². The van der Waals surface area contributed by atoms with Gasteiger partial charge in [-0.3, -0.25) is 0 Å². The zero-order valence-corrected chi connectivity index (χ0v) is 49.5. The van der Waals surface area contributed by atoms with Gasteiger partial charge in [-0.1, -0.05) is 358 Å². The molecule has 14 rings (SSSR count). The number of hydrogen-bond acceptors (Lipinski definition) is 2. The normalized spacial score (nSPS) is 11.5. The molecule has 0 fully saturated rings. The molecule has 0 aliphatic heterocycles. The molecule has 0 unspecified atom stereocenters. The molecule has 2 nitrogen and oxygen atoms in total. The molecule has 0 saturated carbocycles. The third-order valence-corrected chi connectivity index (χ3v) is 26.4. The lowest BCUT2D eigenvalue weighted by Gasteiger charge is -2.39. The van der Waals surface area contributed by atoms with Crippen LogP contribution >= 0.6 is 0 Å². The standard InChI is InChI=1S/C82H60N2Si2/c1-9-29-61(30-10-1)67-41-25-49-74(53-67)85(72-45-21-7-22-46-72,75-50-26-42-68(54-75)62-31-11-2-12-32-62)78-57-71(81-60-80(65-37-17-5-18-38-65)83-82(84-81)66-39-19-6-20-40-66)58-79(59-78)86(73-47-23-8-24-48-73,76-51-27-43-69(55-76)63-33-13-3-14-34-63)77-52-28-44-70(56-77)64-35-15-4-16-36-64/h1-60H. The van der Waals surface area contributed by atoms with E-state index < -0.39 is 16.1 Å². The Bertz CT molecular complexity index is 4150. The Hall–Kier alpha value is -10.6. The van der Waals surface area contributed by atoms with Crippen LogP contribution in [0.25, 0.3) is 78.4 Å². The van der Waals surface area contributed by atoms with Crippen LogP contribution in [-0.4, -0.2) is 26.1 Å². The SMILES string of the molecule is c1ccc(-c2cccc([Si](c3ccccc3)(c3cccc(-c4ccccc4)c3)c3cc(-c4cc(-c5ccccc5)nc(-c5ccccc5)n4)cc([Si](c4ccccc4)(c4cccc(-c5ccccc5)c4)c4cccc(-c5ccccc5)c4)c3)c2)cc1. The fraction of sp³-hybridized carbons (Fsp3) is 0. The van der Waals surface area contributed by atoms with E-state index in [-0.39, 0.29) is 0 Å². The Morgan fingerprint density at radius 1 is 0.151 bits per heavy atom. The van der Waals surface area contributed by atoms with E-state index in [4.69, 9.17) is 9.97 Å². The summed E-state index contributed by atoms with van der Waals surface area (Å²) >= 11 is 0. The van der Waals surface area contributed by atoms with Crippen molar-refractivity contribution >= 4 is 57.6 Å². The van der Waals surface area contributed by atoms with Crippen molar-refractivity contribution in [3.05, 3.63) is 364 Å². The number of hydrogen-bond donors (Lipinski definition) is 0. The minimum absolute atomic E-state index is 0.671. The smallest absolute Gasteiger partial charge is 0.179 e. The summed E-state index contributed by atoms with van der Waals surface area (Å²) in [7, 11) is -7.02. The summed E-state index contributed by atoms with van der Waals surface area (Å²) in [5, 5.41) is 10.2. The maximum Gasteiger partial charge on any atom is 0.179 e.